The van der Waals surface area contributed by atoms with Crippen LogP contribution in [0.3, 0.4) is 0 Å². The molecule has 0 bridgehead atoms. The molecule has 0 aliphatic heterocycles. The predicted octanol–water partition coefficient (Wildman–Crippen LogP) is 2.03. The summed E-state index contributed by atoms with van der Waals surface area (Å²) >= 11 is 3.28. The molecule has 0 fully saturated rings. The van der Waals surface area contributed by atoms with Crippen LogP contribution in [0.2, 0.25) is 0 Å². The van der Waals surface area contributed by atoms with Crippen LogP contribution in [-0.2, 0) is 14.3 Å². The van der Waals surface area contributed by atoms with Crippen LogP contribution < -0.4 is 10.6 Å². The summed E-state index contributed by atoms with van der Waals surface area (Å²) in [5.41, 5.74) is 0.433. The molecular formula is C16H21BrN2O4. The molecule has 1 aromatic carbocycles. The van der Waals surface area contributed by atoms with E-state index in [2.05, 4.69) is 26.6 Å². The average molecular weight is 385 g/mol. The van der Waals surface area contributed by atoms with E-state index in [4.69, 9.17) is 4.74 Å². The predicted molar refractivity (Wildman–Crippen MR) is 89.9 cm³/mol. The molecule has 0 unspecified atom stereocenters. The van der Waals surface area contributed by atoms with E-state index in [0.29, 0.717) is 5.56 Å². The van der Waals surface area contributed by atoms with Gasteiger partial charge in [-0.15, -0.1) is 0 Å². The Morgan fingerprint density at radius 1 is 1.13 bits per heavy atom. The second kappa shape index (κ2) is 9.29. The summed E-state index contributed by atoms with van der Waals surface area (Å²) < 4.78 is 5.75. The van der Waals surface area contributed by atoms with Crippen molar-refractivity contribution in [2.24, 2.45) is 0 Å². The summed E-state index contributed by atoms with van der Waals surface area (Å²) in [6, 6.07) is 5.92. The molecule has 1 aromatic rings. The Kier molecular flexibility index (Phi) is 7.74. The Morgan fingerprint density at radius 3 is 2.30 bits per heavy atom. The van der Waals surface area contributed by atoms with Gasteiger partial charge in [0.05, 0.1) is 0 Å². The number of amides is 2. The summed E-state index contributed by atoms with van der Waals surface area (Å²) in [4.78, 5) is 35.3. The van der Waals surface area contributed by atoms with Gasteiger partial charge in [-0.25, -0.2) is 4.79 Å². The minimum Gasteiger partial charge on any atom is -0.454 e. The standard InChI is InChI=1S/C16H21BrN2O4/c1-4-10(2)18-14(20)9-23-16(22)11(3)19-15(21)12-5-7-13(17)8-6-12/h5-8,10-11H,4,9H2,1-3H3,(H,18,20)(H,19,21)/t10-,11-/m0/s1. The summed E-state index contributed by atoms with van der Waals surface area (Å²) in [7, 11) is 0. The number of halogens is 1. The minimum atomic E-state index is -0.845. The smallest absolute Gasteiger partial charge is 0.328 e. The second-order valence-electron chi connectivity index (χ2n) is 5.19. The molecule has 0 saturated heterocycles. The Labute approximate surface area is 144 Å². The van der Waals surface area contributed by atoms with E-state index < -0.39 is 12.0 Å². The zero-order valence-electron chi connectivity index (χ0n) is 13.4. The molecule has 0 radical (unpaired) electrons. The Morgan fingerprint density at radius 2 is 1.74 bits per heavy atom. The first-order valence-electron chi connectivity index (χ1n) is 7.36. The molecule has 0 aromatic heterocycles. The highest BCUT2D eigenvalue weighted by atomic mass is 79.9. The highest BCUT2D eigenvalue weighted by molar-refractivity contribution is 9.10. The van der Waals surface area contributed by atoms with Crippen molar-refractivity contribution in [3.8, 4) is 0 Å². The molecule has 0 spiro atoms. The normalized spacial score (nSPS) is 12.9. The molecule has 0 heterocycles. The van der Waals surface area contributed by atoms with Crippen molar-refractivity contribution in [2.45, 2.75) is 39.3 Å². The highest BCUT2D eigenvalue weighted by Crippen LogP contribution is 2.10. The van der Waals surface area contributed by atoms with E-state index in [1.54, 1.807) is 24.3 Å². The minimum absolute atomic E-state index is 0.0238. The maximum absolute atomic E-state index is 12.0. The van der Waals surface area contributed by atoms with Crippen molar-refractivity contribution >= 4 is 33.7 Å². The van der Waals surface area contributed by atoms with Crippen LogP contribution in [0, 0.1) is 0 Å². The third-order valence-corrected chi connectivity index (χ3v) is 3.70. The fourth-order valence-electron chi connectivity index (χ4n) is 1.62. The van der Waals surface area contributed by atoms with Crippen molar-refractivity contribution in [3.63, 3.8) is 0 Å². The first-order chi connectivity index (χ1) is 10.8. The van der Waals surface area contributed by atoms with E-state index in [-0.39, 0.29) is 24.5 Å². The number of esters is 1. The van der Waals surface area contributed by atoms with Gasteiger partial charge in [0.15, 0.2) is 6.61 Å². The lowest BCUT2D eigenvalue weighted by Gasteiger charge is -2.15. The van der Waals surface area contributed by atoms with Gasteiger partial charge in [0, 0.05) is 16.1 Å². The van der Waals surface area contributed by atoms with Crippen LogP contribution in [0.25, 0.3) is 0 Å². The maximum Gasteiger partial charge on any atom is 0.328 e. The van der Waals surface area contributed by atoms with Gasteiger partial charge in [-0.05, 0) is 44.5 Å². The molecule has 0 aliphatic rings. The monoisotopic (exact) mass is 384 g/mol. The van der Waals surface area contributed by atoms with Crippen molar-refractivity contribution in [1.82, 2.24) is 10.6 Å². The molecule has 2 amide bonds. The fourth-order valence-corrected chi connectivity index (χ4v) is 1.88. The van der Waals surface area contributed by atoms with Crippen LogP contribution in [0.1, 0.15) is 37.6 Å². The van der Waals surface area contributed by atoms with E-state index >= 15 is 0 Å². The van der Waals surface area contributed by atoms with Gasteiger partial charge in [-0.2, -0.15) is 0 Å². The van der Waals surface area contributed by atoms with Gasteiger partial charge >= 0.3 is 5.97 Å². The number of hydrogen-bond donors (Lipinski definition) is 2. The van der Waals surface area contributed by atoms with Crippen LogP contribution in [0.5, 0.6) is 0 Å². The van der Waals surface area contributed by atoms with Crippen molar-refractivity contribution in [1.29, 1.82) is 0 Å². The molecular weight excluding hydrogens is 364 g/mol. The summed E-state index contributed by atoms with van der Waals surface area (Å²) in [5, 5.41) is 5.22. The number of nitrogens with one attached hydrogen (secondary N) is 2. The third kappa shape index (κ3) is 6.81. The van der Waals surface area contributed by atoms with E-state index in [0.717, 1.165) is 10.9 Å². The number of rotatable bonds is 7. The van der Waals surface area contributed by atoms with Crippen LogP contribution in [-0.4, -0.2) is 36.5 Å². The molecule has 23 heavy (non-hydrogen) atoms. The zero-order chi connectivity index (χ0) is 17.4. The van der Waals surface area contributed by atoms with Gasteiger partial charge in [0.1, 0.15) is 6.04 Å². The quantitative estimate of drug-likeness (QED) is 0.704. The number of ether oxygens (including phenoxy) is 1. The molecule has 6 nitrogen and oxygen atoms in total. The van der Waals surface area contributed by atoms with Gasteiger partial charge < -0.3 is 15.4 Å². The van der Waals surface area contributed by atoms with Gasteiger partial charge in [0.2, 0.25) is 0 Å². The zero-order valence-corrected chi connectivity index (χ0v) is 15.0. The Balaban J connectivity index is 2.43. The molecule has 2 atom stereocenters. The summed E-state index contributed by atoms with van der Waals surface area (Å²) in [6.07, 6.45) is 0.791. The molecule has 1 rings (SSSR count). The van der Waals surface area contributed by atoms with Crippen LogP contribution >= 0.6 is 15.9 Å². The van der Waals surface area contributed by atoms with E-state index in [1.165, 1.54) is 6.92 Å². The van der Waals surface area contributed by atoms with Gasteiger partial charge in [-0.3, -0.25) is 9.59 Å². The van der Waals surface area contributed by atoms with Crippen LogP contribution in [0.4, 0.5) is 0 Å². The summed E-state index contributed by atoms with van der Waals surface area (Å²) in [6.45, 7) is 4.95. The first kappa shape index (κ1) is 19.2. The first-order valence-corrected chi connectivity index (χ1v) is 8.15. The van der Waals surface area contributed by atoms with Crippen molar-refractivity contribution in [3.05, 3.63) is 34.3 Å². The van der Waals surface area contributed by atoms with Gasteiger partial charge in [-0.1, -0.05) is 22.9 Å². The number of carbonyl (C=O) groups is 3. The average Bonchev–Trinajstić information content (AvgIpc) is 2.52. The van der Waals surface area contributed by atoms with Crippen molar-refractivity contribution in [2.75, 3.05) is 6.61 Å². The van der Waals surface area contributed by atoms with E-state index in [9.17, 15) is 14.4 Å². The number of hydrogen-bond acceptors (Lipinski definition) is 4. The fraction of sp³-hybridized carbons (Fsp3) is 0.438. The maximum atomic E-state index is 12.0. The van der Waals surface area contributed by atoms with E-state index in [1.807, 2.05) is 13.8 Å². The Bertz CT molecular complexity index is 560. The Hall–Kier alpha value is -1.89. The molecule has 7 heteroatoms. The summed E-state index contributed by atoms with van der Waals surface area (Å²) in [5.74, 6) is -1.40. The van der Waals surface area contributed by atoms with Crippen molar-refractivity contribution < 1.29 is 19.1 Å². The largest absolute Gasteiger partial charge is 0.454 e. The third-order valence-electron chi connectivity index (χ3n) is 3.17. The highest BCUT2D eigenvalue weighted by Gasteiger charge is 2.19. The SMILES string of the molecule is CC[C@H](C)NC(=O)COC(=O)[C@H](C)NC(=O)c1ccc(Br)cc1. The lowest BCUT2D eigenvalue weighted by atomic mass is 10.2. The lowest BCUT2D eigenvalue weighted by molar-refractivity contribution is -0.150. The topological polar surface area (TPSA) is 84.5 Å². The van der Waals surface area contributed by atoms with Crippen LogP contribution in [0.15, 0.2) is 28.7 Å². The lowest BCUT2D eigenvalue weighted by Crippen LogP contribution is -2.41. The molecule has 126 valence electrons. The molecule has 0 aliphatic carbocycles. The number of benzene rings is 1. The number of carbonyl (C=O) groups excluding carboxylic acids is 3. The molecule has 2 N–H and O–H groups in total. The molecule has 0 saturated carbocycles. The second-order valence-corrected chi connectivity index (χ2v) is 6.10. The van der Waals surface area contributed by atoms with Gasteiger partial charge in [0.25, 0.3) is 11.8 Å².